The van der Waals surface area contributed by atoms with Crippen molar-refractivity contribution in [2.75, 3.05) is 5.73 Å². The number of nitrogens with two attached hydrogens (primary N) is 1. The first kappa shape index (κ1) is 14.3. The molecule has 114 valence electrons. The molecular formula is C18H20N2O2. The molecule has 1 heterocycles. The lowest BCUT2D eigenvalue weighted by Gasteiger charge is -2.08. The number of phenols is 1. The zero-order chi connectivity index (χ0) is 15.7. The highest BCUT2D eigenvalue weighted by atomic mass is 16.5. The number of aromatic hydroxyl groups is 1. The second-order valence-corrected chi connectivity index (χ2v) is 5.68. The molecule has 2 aromatic carbocycles. The molecule has 0 aliphatic carbocycles. The SMILES string of the molecule is CC(C)n1cc(COc2cccc(O)c2)c2c(N)cccc21. The van der Waals surface area contributed by atoms with Gasteiger partial charge < -0.3 is 20.1 Å². The third-order valence-electron chi connectivity index (χ3n) is 3.74. The minimum atomic E-state index is 0.196. The van der Waals surface area contributed by atoms with Crippen LogP contribution in [-0.2, 0) is 6.61 Å². The number of ether oxygens (including phenoxy) is 1. The summed E-state index contributed by atoms with van der Waals surface area (Å²) in [7, 11) is 0. The summed E-state index contributed by atoms with van der Waals surface area (Å²) in [6, 6.07) is 13.1. The summed E-state index contributed by atoms with van der Waals surface area (Å²) in [5.41, 5.74) is 9.07. The van der Waals surface area contributed by atoms with Crippen LogP contribution in [-0.4, -0.2) is 9.67 Å². The van der Waals surface area contributed by atoms with Crippen LogP contribution in [0, 0.1) is 0 Å². The van der Waals surface area contributed by atoms with Crippen LogP contribution in [0.3, 0.4) is 0 Å². The van der Waals surface area contributed by atoms with Crippen molar-refractivity contribution in [1.29, 1.82) is 0 Å². The Morgan fingerprint density at radius 3 is 2.68 bits per heavy atom. The molecule has 22 heavy (non-hydrogen) atoms. The molecule has 3 N–H and O–H groups in total. The lowest BCUT2D eigenvalue weighted by molar-refractivity contribution is 0.305. The molecule has 0 bridgehead atoms. The standard InChI is InChI=1S/C18H20N2O2/c1-12(2)20-10-13(18-16(19)7-4-8-17(18)20)11-22-15-6-3-5-14(21)9-15/h3-10,12,21H,11,19H2,1-2H3. The number of nitrogen functional groups attached to an aromatic ring is 1. The van der Waals surface area contributed by atoms with Crippen LogP contribution in [0.2, 0.25) is 0 Å². The monoisotopic (exact) mass is 296 g/mol. The summed E-state index contributed by atoms with van der Waals surface area (Å²) in [5, 5.41) is 10.5. The van der Waals surface area contributed by atoms with E-state index in [0.29, 0.717) is 18.4 Å². The van der Waals surface area contributed by atoms with E-state index in [2.05, 4.69) is 30.7 Å². The first-order valence-corrected chi connectivity index (χ1v) is 7.36. The Kier molecular flexibility index (Phi) is 3.67. The van der Waals surface area contributed by atoms with Gasteiger partial charge in [0.15, 0.2) is 0 Å². The molecule has 0 saturated carbocycles. The number of fused-ring (bicyclic) bond motifs is 1. The number of nitrogens with zero attached hydrogens (tertiary/aromatic N) is 1. The molecule has 0 aliphatic heterocycles. The maximum atomic E-state index is 9.50. The fourth-order valence-electron chi connectivity index (χ4n) is 2.70. The Hall–Kier alpha value is -2.62. The third kappa shape index (κ3) is 2.60. The molecule has 4 nitrogen and oxygen atoms in total. The van der Waals surface area contributed by atoms with Gasteiger partial charge in [0, 0.05) is 34.9 Å². The Bertz CT molecular complexity index is 806. The Balaban J connectivity index is 1.96. The van der Waals surface area contributed by atoms with E-state index in [0.717, 1.165) is 22.2 Å². The van der Waals surface area contributed by atoms with E-state index in [1.807, 2.05) is 18.2 Å². The summed E-state index contributed by atoms with van der Waals surface area (Å²) < 4.78 is 8.00. The van der Waals surface area contributed by atoms with E-state index >= 15 is 0 Å². The molecule has 3 aromatic rings. The molecule has 0 atom stereocenters. The van der Waals surface area contributed by atoms with Gasteiger partial charge >= 0.3 is 0 Å². The molecule has 0 fully saturated rings. The van der Waals surface area contributed by atoms with Gasteiger partial charge in [0.1, 0.15) is 18.1 Å². The fourth-order valence-corrected chi connectivity index (χ4v) is 2.70. The number of rotatable bonds is 4. The lowest BCUT2D eigenvalue weighted by Crippen LogP contribution is -1.98. The number of phenolic OH excluding ortho intramolecular Hbond substituents is 1. The van der Waals surface area contributed by atoms with Crippen molar-refractivity contribution in [2.45, 2.75) is 26.5 Å². The zero-order valence-corrected chi connectivity index (χ0v) is 12.8. The highest BCUT2D eigenvalue weighted by molar-refractivity contribution is 5.94. The smallest absolute Gasteiger partial charge is 0.123 e. The van der Waals surface area contributed by atoms with Crippen molar-refractivity contribution in [2.24, 2.45) is 0 Å². The van der Waals surface area contributed by atoms with Gasteiger partial charge in [-0.15, -0.1) is 0 Å². The molecule has 4 heteroatoms. The maximum absolute atomic E-state index is 9.50. The van der Waals surface area contributed by atoms with Crippen LogP contribution < -0.4 is 10.5 Å². The predicted molar refractivity (Wildman–Crippen MR) is 89.2 cm³/mol. The zero-order valence-electron chi connectivity index (χ0n) is 12.8. The average Bonchev–Trinajstić information content (AvgIpc) is 2.86. The molecule has 3 rings (SSSR count). The van der Waals surface area contributed by atoms with Gasteiger partial charge in [-0.2, -0.15) is 0 Å². The number of benzene rings is 2. The molecule has 0 aliphatic rings. The molecule has 0 unspecified atom stereocenters. The Morgan fingerprint density at radius 2 is 1.95 bits per heavy atom. The first-order chi connectivity index (χ1) is 10.6. The van der Waals surface area contributed by atoms with Crippen LogP contribution in [0.4, 0.5) is 5.69 Å². The molecule has 1 aromatic heterocycles. The van der Waals surface area contributed by atoms with E-state index in [1.165, 1.54) is 0 Å². The van der Waals surface area contributed by atoms with Crippen LogP contribution in [0.1, 0.15) is 25.5 Å². The molecule has 0 radical (unpaired) electrons. The van der Waals surface area contributed by atoms with E-state index in [-0.39, 0.29) is 5.75 Å². The normalized spacial score (nSPS) is 11.2. The first-order valence-electron chi connectivity index (χ1n) is 7.36. The molecular weight excluding hydrogens is 276 g/mol. The second-order valence-electron chi connectivity index (χ2n) is 5.68. The number of hydrogen-bond donors (Lipinski definition) is 2. The van der Waals surface area contributed by atoms with Crippen molar-refractivity contribution in [3.8, 4) is 11.5 Å². The Labute approximate surface area is 129 Å². The number of anilines is 1. The van der Waals surface area contributed by atoms with E-state index in [4.69, 9.17) is 10.5 Å². The quantitative estimate of drug-likeness (QED) is 0.713. The fraction of sp³-hybridized carbons (Fsp3) is 0.222. The van der Waals surface area contributed by atoms with Crippen molar-refractivity contribution in [3.63, 3.8) is 0 Å². The molecule has 0 amide bonds. The minimum absolute atomic E-state index is 0.196. The largest absolute Gasteiger partial charge is 0.508 e. The van der Waals surface area contributed by atoms with Crippen LogP contribution in [0.15, 0.2) is 48.7 Å². The predicted octanol–water partition coefficient (Wildman–Crippen LogP) is 4.09. The highest BCUT2D eigenvalue weighted by Gasteiger charge is 2.13. The Morgan fingerprint density at radius 1 is 1.18 bits per heavy atom. The van der Waals surface area contributed by atoms with Crippen LogP contribution in [0.5, 0.6) is 11.5 Å². The van der Waals surface area contributed by atoms with E-state index in [1.54, 1.807) is 18.2 Å². The second kappa shape index (κ2) is 5.64. The summed E-state index contributed by atoms with van der Waals surface area (Å²) in [6.07, 6.45) is 2.09. The van der Waals surface area contributed by atoms with Crippen molar-refractivity contribution < 1.29 is 9.84 Å². The van der Waals surface area contributed by atoms with Gasteiger partial charge in [-0.25, -0.2) is 0 Å². The third-order valence-corrected chi connectivity index (χ3v) is 3.74. The van der Waals surface area contributed by atoms with Crippen molar-refractivity contribution in [3.05, 3.63) is 54.2 Å². The van der Waals surface area contributed by atoms with Crippen molar-refractivity contribution in [1.82, 2.24) is 4.57 Å². The molecule has 0 spiro atoms. The maximum Gasteiger partial charge on any atom is 0.123 e. The minimum Gasteiger partial charge on any atom is -0.508 e. The topological polar surface area (TPSA) is 60.4 Å². The summed E-state index contributed by atoms with van der Waals surface area (Å²) in [4.78, 5) is 0. The number of hydrogen-bond acceptors (Lipinski definition) is 3. The lowest BCUT2D eigenvalue weighted by atomic mass is 10.1. The summed E-state index contributed by atoms with van der Waals surface area (Å²) in [6.45, 7) is 4.69. The average molecular weight is 296 g/mol. The van der Waals surface area contributed by atoms with Crippen LogP contribution in [0.25, 0.3) is 10.9 Å². The van der Waals surface area contributed by atoms with Gasteiger partial charge in [0.2, 0.25) is 0 Å². The summed E-state index contributed by atoms with van der Waals surface area (Å²) in [5.74, 6) is 0.835. The van der Waals surface area contributed by atoms with E-state index < -0.39 is 0 Å². The van der Waals surface area contributed by atoms with Gasteiger partial charge in [0.25, 0.3) is 0 Å². The van der Waals surface area contributed by atoms with Crippen molar-refractivity contribution >= 4 is 16.6 Å². The van der Waals surface area contributed by atoms with Gasteiger partial charge in [-0.1, -0.05) is 12.1 Å². The summed E-state index contributed by atoms with van der Waals surface area (Å²) >= 11 is 0. The van der Waals surface area contributed by atoms with Gasteiger partial charge in [-0.05, 0) is 38.1 Å². The van der Waals surface area contributed by atoms with Crippen LogP contribution >= 0.6 is 0 Å². The number of aromatic nitrogens is 1. The highest BCUT2D eigenvalue weighted by Crippen LogP contribution is 2.30. The van der Waals surface area contributed by atoms with Gasteiger partial charge in [-0.3, -0.25) is 0 Å². The van der Waals surface area contributed by atoms with E-state index in [9.17, 15) is 5.11 Å². The van der Waals surface area contributed by atoms with Gasteiger partial charge in [0.05, 0.1) is 5.52 Å². The molecule has 0 saturated heterocycles.